The number of nitrogens with one attached hydrogen (secondary N) is 1. The molecule has 0 saturated heterocycles. The smallest absolute Gasteiger partial charge is 0.229 e. The molecule has 1 aromatic rings. The van der Waals surface area contributed by atoms with Crippen molar-refractivity contribution in [1.82, 2.24) is 4.98 Å². The molecule has 0 aliphatic carbocycles. The van der Waals surface area contributed by atoms with E-state index in [4.69, 9.17) is 28.3 Å². The number of amides is 1. The van der Waals surface area contributed by atoms with Gasteiger partial charge in [-0.15, -0.1) is 0 Å². The Morgan fingerprint density at radius 3 is 2.53 bits per heavy atom. The number of halogens is 2. The van der Waals surface area contributed by atoms with Crippen LogP contribution in [0.5, 0.6) is 0 Å². The highest BCUT2D eigenvalue weighted by atomic mass is 35.5. The van der Waals surface area contributed by atoms with Gasteiger partial charge in [0.1, 0.15) is 5.15 Å². The lowest BCUT2D eigenvalue weighted by atomic mass is 9.95. The van der Waals surface area contributed by atoms with Gasteiger partial charge in [-0.3, -0.25) is 4.79 Å². The first-order valence-corrected chi connectivity index (χ1v) is 5.78. The molecule has 1 heterocycles. The van der Waals surface area contributed by atoms with Crippen LogP contribution in [0, 0.1) is 5.41 Å². The zero-order valence-corrected chi connectivity index (χ0v) is 11.4. The van der Waals surface area contributed by atoms with E-state index >= 15 is 0 Å². The van der Waals surface area contributed by atoms with Gasteiger partial charge in [0.15, 0.2) is 0 Å². The molecule has 0 atom stereocenters. The first kappa shape index (κ1) is 14.2. The molecule has 4 nitrogen and oxygen atoms in total. The average molecular weight is 277 g/mol. The minimum absolute atomic E-state index is 0.101. The van der Waals surface area contributed by atoms with Crippen LogP contribution in [-0.2, 0) is 11.4 Å². The Balaban J connectivity index is 3.06. The monoisotopic (exact) mass is 276 g/mol. The predicted octanol–water partition coefficient (Wildman–Crippen LogP) is 2.87. The zero-order valence-electron chi connectivity index (χ0n) is 9.84. The maximum atomic E-state index is 11.8. The van der Waals surface area contributed by atoms with Gasteiger partial charge in [-0.25, -0.2) is 4.98 Å². The van der Waals surface area contributed by atoms with E-state index < -0.39 is 5.41 Å². The summed E-state index contributed by atoms with van der Waals surface area (Å²) in [6, 6.07) is 1.48. The number of hydrogen-bond donors (Lipinski definition) is 2. The Morgan fingerprint density at radius 2 is 2.06 bits per heavy atom. The molecule has 0 spiro atoms. The van der Waals surface area contributed by atoms with E-state index in [9.17, 15) is 4.79 Å². The summed E-state index contributed by atoms with van der Waals surface area (Å²) in [7, 11) is 0. The molecule has 0 saturated carbocycles. The van der Waals surface area contributed by atoms with Crippen LogP contribution in [0.1, 0.15) is 26.5 Å². The van der Waals surface area contributed by atoms with Crippen LogP contribution in [0.15, 0.2) is 6.07 Å². The fraction of sp³-hybridized carbons (Fsp3) is 0.455. The molecule has 0 unspecified atom stereocenters. The molecular weight excluding hydrogens is 263 g/mol. The van der Waals surface area contributed by atoms with Crippen LogP contribution in [0.3, 0.4) is 0 Å². The predicted molar refractivity (Wildman–Crippen MR) is 68.3 cm³/mol. The first-order chi connectivity index (χ1) is 7.75. The molecule has 1 amide bonds. The summed E-state index contributed by atoms with van der Waals surface area (Å²) in [5, 5.41) is 12.1. The quantitative estimate of drug-likeness (QED) is 0.817. The molecule has 6 heteroatoms. The first-order valence-electron chi connectivity index (χ1n) is 5.03. The molecule has 2 N–H and O–H groups in total. The Hall–Kier alpha value is -0.840. The van der Waals surface area contributed by atoms with Crippen LogP contribution in [-0.4, -0.2) is 16.0 Å². The summed E-state index contributed by atoms with van der Waals surface area (Å²) in [5.74, 6) is -0.188. The van der Waals surface area contributed by atoms with Gasteiger partial charge in [0.05, 0.1) is 23.0 Å². The second-order valence-corrected chi connectivity index (χ2v) is 5.38. The van der Waals surface area contributed by atoms with Gasteiger partial charge in [0.2, 0.25) is 5.91 Å². The van der Waals surface area contributed by atoms with Crippen LogP contribution >= 0.6 is 23.2 Å². The summed E-state index contributed by atoms with van der Waals surface area (Å²) in [6.07, 6.45) is 0. The van der Waals surface area contributed by atoms with E-state index in [1.807, 2.05) is 0 Å². The normalized spacial score (nSPS) is 11.4. The standard InChI is InChI=1S/C11H14Cl2N2O2/c1-11(2,3)10(17)15-7-4-6(12)9(13)14-8(7)5-16/h4,16H,5H2,1-3H3,(H,15,17). The summed E-state index contributed by atoms with van der Waals surface area (Å²) in [4.78, 5) is 15.7. The number of aliphatic hydroxyl groups excluding tert-OH is 1. The van der Waals surface area contributed by atoms with E-state index in [0.29, 0.717) is 5.69 Å². The van der Waals surface area contributed by atoms with Gasteiger partial charge in [-0.1, -0.05) is 44.0 Å². The van der Waals surface area contributed by atoms with Crippen molar-refractivity contribution < 1.29 is 9.90 Å². The van der Waals surface area contributed by atoms with E-state index in [1.54, 1.807) is 20.8 Å². The molecule has 17 heavy (non-hydrogen) atoms. The van der Waals surface area contributed by atoms with E-state index in [-0.39, 0.29) is 28.4 Å². The number of rotatable bonds is 2. The second-order valence-electron chi connectivity index (χ2n) is 4.62. The average Bonchev–Trinajstić information content (AvgIpc) is 2.21. The van der Waals surface area contributed by atoms with Gasteiger partial charge >= 0.3 is 0 Å². The third-order valence-corrected chi connectivity index (χ3v) is 2.76. The molecule has 1 aromatic heterocycles. The third-order valence-electron chi connectivity index (χ3n) is 2.09. The Labute approximate surface area is 110 Å². The fourth-order valence-corrected chi connectivity index (χ4v) is 1.35. The van der Waals surface area contributed by atoms with Crippen molar-refractivity contribution in [3.8, 4) is 0 Å². The summed E-state index contributed by atoms with van der Waals surface area (Å²) < 4.78 is 0. The van der Waals surface area contributed by atoms with Crippen LogP contribution in [0.4, 0.5) is 5.69 Å². The highest BCUT2D eigenvalue weighted by molar-refractivity contribution is 6.41. The molecule has 0 radical (unpaired) electrons. The van der Waals surface area contributed by atoms with Gasteiger partial charge in [0.25, 0.3) is 0 Å². The highest BCUT2D eigenvalue weighted by Gasteiger charge is 2.22. The largest absolute Gasteiger partial charge is 0.390 e. The van der Waals surface area contributed by atoms with Gasteiger partial charge in [-0.05, 0) is 6.07 Å². The minimum Gasteiger partial charge on any atom is -0.390 e. The fourth-order valence-electron chi connectivity index (χ4n) is 1.04. The number of pyridine rings is 1. The van der Waals surface area contributed by atoms with Crippen LogP contribution in [0.25, 0.3) is 0 Å². The second kappa shape index (κ2) is 5.21. The third kappa shape index (κ3) is 3.56. The molecule has 0 aliphatic rings. The Bertz CT molecular complexity index is 442. The molecule has 0 bridgehead atoms. The van der Waals surface area contributed by atoms with Crippen molar-refractivity contribution >= 4 is 34.8 Å². The number of anilines is 1. The maximum Gasteiger partial charge on any atom is 0.229 e. The van der Waals surface area contributed by atoms with Crippen molar-refractivity contribution in [1.29, 1.82) is 0 Å². The molecule has 0 aromatic carbocycles. The minimum atomic E-state index is -0.543. The van der Waals surface area contributed by atoms with E-state index in [1.165, 1.54) is 6.07 Å². The van der Waals surface area contributed by atoms with Crippen molar-refractivity contribution in [3.63, 3.8) is 0 Å². The van der Waals surface area contributed by atoms with Crippen molar-refractivity contribution in [2.24, 2.45) is 5.41 Å². The molecule has 94 valence electrons. The van der Waals surface area contributed by atoms with Gasteiger partial charge in [-0.2, -0.15) is 0 Å². The van der Waals surface area contributed by atoms with Gasteiger partial charge < -0.3 is 10.4 Å². The summed E-state index contributed by atoms with van der Waals surface area (Å²) in [6.45, 7) is 5.03. The molecule has 1 rings (SSSR count). The summed E-state index contributed by atoms with van der Waals surface area (Å²) >= 11 is 11.5. The number of aromatic nitrogens is 1. The number of aliphatic hydroxyl groups is 1. The van der Waals surface area contributed by atoms with E-state index in [2.05, 4.69) is 10.3 Å². The molecular formula is C11H14Cl2N2O2. The topological polar surface area (TPSA) is 62.2 Å². The van der Waals surface area contributed by atoms with Crippen molar-refractivity contribution in [2.75, 3.05) is 5.32 Å². The lowest BCUT2D eigenvalue weighted by Gasteiger charge is -2.19. The number of nitrogens with zero attached hydrogens (tertiary/aromatic N) is 1. The lowest BCUT2D eigenvalue weighted by Crippen LogP contribution is -2.28. The number of carbonyl (C=O) groups is 1. The van der Waals surface area contributed by atoms with Crippen LogP contribution in [0.2, 0.25) is 10.2 Å². The Kier molecular flexibility index (Phi) is 4.36. The molecule has 0 aliphatic heterocycles. The molecule has 0 fully saturated rings. The van der Waals surface area contributed by atoms with Crippen LogP contribution < -0.4 is 5.32 Å². The van der Waals surface area contributed by atoms with Crippen molar-refractivity contribution in [3.05, 3.63) is 21.9 Å². The number of hydrogen-bond acceptors (Lipinski definition) is 3. The summed E-state index contributed by atoms with van der Waals surface area (Å²) in [5.41, 5.74) is 0.123. The zero-order chi connectivity index (χ0) is 13.2. The highest BCUT2D eigenvalue weighted by Crippen LogP contribution is 2.27. The number of carbonyl (C=O) groups excluding carboxylic acids is 1. The SMILES string of the molecule is CC(C)(C)C(=O)Nc1cc(Cl)c(Cl)nc1CO. The van der Waals surface area contributed by atoms with Crippen molar-refractivity contribution in [2.45, 2.75) is 27.4 Å². The van der Waals surface area contributed by atoms with Gasteiger partial charge in [0, 0.05) is 5.41 Å². The Morgan fingerprint density at radius 1 is 1.47 bits per heavy atom. The van der Waals surface area contributed by atoms with E-state index in [0.717, 1.165) is 0 Å². The lowest BCUT2D eigenvalue weighted by molar-refractivity contribution is -0.123. The maximum absolute atomic E-state index is 11.8.